The Morgan fingerprint density at radius 3 is 2.53 bits per heavy atom. The highest BCUT2D eigenvalue weighted by Gasteiger charge is 2.33. The SMILES string of the molecule is COc1ccc(N=C2S/C(=C\c3ccc(OCc4ccc(C(=O)O)o4)cc3)C(=O)N2CCc2c[nH]c3ccccc23)cc1. The van der Waals surface area contributed by atoms with Crippen LogP contribution in [-0.2, 0) is 17.8 Å². The number of hydrogen-bond acceptors (Lipinski definition) is 7. The lowest BCUT2D eigenvalue weighted by atomic mass is 10.1. The van der Waals surface area contributed by atoms with E-state index in [4.69, 9.17) is 24.0 Å². The summed E-state index contributed by atoms with van der Waals surface area (Å²) in [6, 6.07) is 25.8. The molecule has 2 aromatic heterocycles. The molecular weight excluding hydrogens is 566 g/mol. The number of aromatic nitrogens is 1. The van der Waals surface area contributed by atoms with Crippen molar-refractivity contribution < 1.29 is 28.6 Å². The van der Waals surface area contributed by atoms with Crippen molar-refractivity contribution in [1.29, 1.82) is 0 Å². The lowest BCUT2D eigenvalue weighted by Crippen LogP contribution is -2.31. The van der Waals surface area contributed by atoms with Crippen LogP contribution in [0.25, 0.3) is 17.0 Å². The van der Waals surface area contributed by atoms with Gasteiger partial charge in [-0.2, -0.15) is 0 Å². The number of benzene rings is 3. The van der Waals surface area contributed by atoms with Gasteiger partial charge in [-0.1, -0.05) is 30.3 Å². The highest BCUT2D eigenvalue weighted by atomic mass is 32.2. The minimum absolute atomic E-state index is 0.0959. The summed E-state index contributed by atoms with van der Waals surface area (Å²) in [5, 5.41) is 10.8. The number of hydrogen-bond donors (Lipinski definition) is 2. The van der Waals surface area contributed by atoms with Crippen LogP contribution in [0.15, 0.2) is 105 Å². The van der Waals surface area contributed by atoms with Crippen LogP contribution < -0.4 is 9.47 Å². The van der Waals surface area contributed by atoms with E-state index in [1.54, 1.807) is 30.2 Å². The van der Waals surface area contributed by atoms with Crippen LogP contribution in [0.4, 0.5) is 5.69 Å². The first-order valence-electron chi connectivity index (χ1n) is 13.5. The molecule has 1 saturated heterocycles. The standard InChI is InChI=1S/C33H27N3O6S/c1-40-24-12-8-23(9-13-24)35-33-36(17-16-22-19-34-28-5-3-2-4-27(22)28)31(37)30(43-33)18-21-6-10-25(11-7-21)41-20-26-14-15-29(42-26)32(38)39/h2-15,18-19,34H,16-17,20H2,1H3,(H,38,39)/b30-18-,35-33?. The zero-order valence-electron chi connectivity index (χ0n) is 23.2. The molecule has 216 valence electrons. The van der Waals surface area contributed by atoms with E-state index in [1.807, 2.05) is 66.9 Å². The maximum Gasteiger partial charge on any atom is 0.371 e. The Balaban J connectivity index is 1.20. The molecule has 3 heterocycles. The number of aromatic amines is 1. The van der Waals surface area contributed by atoms with Crippen LogP contribution in [0.3, 0.4) is 0 Å². The molecule has 0 spiro atoms. The summed E-state index contributed by atoms with van der Waals surface area (Å²) < 4.78 is 16.2. The highest BCUT2D eigenvalue weighted by Crippen LogP contribution is 2.35. The molecule has 0 saturated carbocycles. The zero-order valence-corrected chi connectivity index (χ0v) is 24.0. The first kappa shape index (κ1) is 27.9. The number of carboxylic acids is 1. The van der Waals surface area contributed by atoms with Gasteiger partial charge in [-0.15, -0.1) is 0 Å². The second-order valence-electron chi connectivity index (χ2n) is 9.70. The fourth-order valence-corrected chi connectivity index (χ4v) is 5.69. The number of rotatable bonds is 10. The molecule has 1 fully saturated rings. The summed E-state index contributed by atoms with van der Waals surface area (Å²) in [4.78, 5) is 35.1. The van der Waals surface area contributed by atoms with Gasteiger partial charge < -0.3 is 24.0 Å². The number of nitrogens with zero attached hydrogens (tertiary/aromatic N) is 2. The Kier molecular flexibility index (Phi) is 8.01. The van der Waals surface area contributed by atoms with Crippen LogP contribution in [0.1, 0.15) is 27.4 Å². The largest absolute Gasteiger partial charge is 0.497 e. The quantitative estimate of drug-likeness (QED) is 0.169. The van der Waals surface area contributed by atoms with Gasteiger partial charge >= 0.3 is 5.97 Å². The lowest BCUT2D eigenvalue weighted by molar-refractivity contribution is -0.122. The second-order valence-corrected chi connectivity index (χ2v) is 10.7. The third-order valence-electron chi connectivity index (χ3n) is 6.90. The van der Waals surface area contributed by atoms with Gasteiger partial charge in [0.15, 0.2) is 5.17 Å². The molecule has 6 rings (SSSR count). The first-order chi connectivity index (χ1) is 21.0. The van der Waals surface area contributed by atoms with Crippen molar-refractivity contribution in [3.63, 3.8) is 0 Å². The fraction of sp³-hybridized carbons (Fsp3) is 0.121. The van der Waals surface area contributed by atoms with E-state index in [0.717, 1.165) is 33.5 Å². The number of amidine groups is 1. The lowest BCUT2D eigenvalue weighted by Gasteiger charge is -2.15. The molecule has 1 amide bonds. The summed E-state index contributed by atoms with van der Waals surface area (Å²) in [5.74, 6) is 0.360. The summed E-state index contributed by atoms with van der Waals surface area (Å²) >= 11 is 1.34. The van der Waals surface area contributed by atoms with Gasteiger partial charge in [0.25, 0.3) is 5.91 Å². The van der Waals surface area contributed by atoms with Crippen LogP contribution in [0, 0.1) is 0 Å². The van der Waals surface area contributed by atoms with Gasteiger partial charge in [0.2, 0.25) is 5.76 Å². The number of carbonyl (C=O) groups excluding carboxylic acids is 1. The van der Waals surface area contributed by atoms with Gasteiger partial charge in [-0.05, 0) is 90.0 Å². The van der Waals surface area contributed by atoms with E-state index in [-0.39, 0.29) is 18.3 Å². The Morgan fingerprint density at radius 2 is 1.79 bits per heavy atom. The number of para-hydroxylation sites is 1. The predicted molar refractivity (Wildman–Crippen MR) is 166 cm³/mol. The number of amides is 1. The third kappa shape index (κ3) is 6.34. The Hall–Kier alpha value is -5.22. The topological polar surface area (TPSA) is 117 Å². The molecule has 43 heavy (non-hydrogen) atoms. The Morgan fingerprint density at radius 1 is 1.02 bits per heavy atom. The van der Waals surface area contributed by atoms with E-state index >= 15 is 0 Å². The minimum Gasteiger partial charge on any atom is -0.497 e. The van der Waals surface area contributed by atoms with Crippen LogP contribution >= 0.6 is 11.8 Å². The van der Waals surface area contributed by atoms with Crippen molar-refractivity contribution >= 4 is 51.5 Å². The Labute approximate surface area is 251 Å². The van der Waals surface area contributed by atoms with Gasteiger partial charge in [0.05, 0.1) is 17.7 Å². The van der Waals surface area contributed by atoms with Crippen LogP contribution in [0.5, 0.6) is 11.5 Å². The van der Waals surface area contributed by atoms with Crippen molar-refractivity contribution in [3.05, 3.63) is 119 Å². The van der Waals surface area contributed by atoms with Crippen LogP contribution in [0.2, 0.25) is 0 Å². The molecule has 0 atom stereocenters. The first-order valence-corrected chi connectivity index (χ1v) is 14.3. The highest BCUT2D eigenvalue weighted by molar-refractivity contribution is 8.18. The van der Waals surface area contributed by atoms with E-state index in [0.29, 0.717) is 34.5 Å². The van der Waals surface area contributed by atoms with Gasteiger partial charge in [-0.3, -0.25) is 9.69 Å². The molecule has 10 heteroatoms. The van der Waals surface area contributed by atoms with Gasteiger partial charge in [-0.25, -0.2) is 9.79 Å². The maximum atomic E-state index is 13.7. The van der Waals surface area contributed by atoms with Crippen molar-refractivity contribution in [3.8, 4) is 11.5 Å². The average Bonchev–Trinajstić information content (AvgIpc) is 3.74. The zero-order chi connectivity index (χ0) is 29.8. The van der Waals surface area contributed by atoms with Gasteiger partial charge in [0, 0.05) is 23.6 Å². The number of furan rings is 1. The number of ether oxygens (including phenoxy) is 2. The summed E-state index contributed by atoms with van der Waals surface area (Å²) in [6.45, 7) is 0.571. The monoisotopic (exact) mass is 593 g/mol. The number of thioether (sulfide) groups is 1. The Bertz CT molecular complexity index is 1840. The number of nitrogens with one attached hydrogen (secondary N) is 1. The molecule has 1 aliphatic heterocycles. The molecular formula is C33H27N3O6S. The number of H-pyrrole nitrogens is 1. The molecule has 0 bridgehead atoms. The number of methoxy groups -OCH3 is 1. The molecule has 0 aliphatic carbocycles. The number of carboxylic acid groups (broad SMARTS) is 1. The van der Waals surface area contributed by atoms with E-state index in [2.05, 4.69) is 11.1 Å². The molecule has 1 aliphatic rings. The molecule has 0 unspecified atom stereocenters. The second kappa shape index (κ2) is 12.3. The van der Waals surface area contributed by atoms with E-state index in [9.17, 15) is 9.59 Å². The van der Waals surface area contributed by atoms with Crippen molar-refractivity contribution in [2.75, 3.05) is 13.7 Å². The normalized spacial score (nSPS) is 15.1. The van der Waals surface area contributed by atoms with E-state index < -0.39 is 5.97 Å². The molecule has 2 N–H and O–H groups in total. The summed E-state index contributed by atoms with van der Waals surface area (Å²) in [7, 11) is 1.62. The van der Waals surface area contributed by atoms with Crippen molar-refractivity contribution in [2.24, 2.45) is 4.99 Å². The van der Waals surface area contributed by atoms with Crippen molar-refractivity contribution in [1.82, 2.24) is 9.88 Å². The van der Waals surface area contributed by atoms with Crippen LogP contribution in [-0.4, -0.2) is 45.7 Å². The average molecular weight is 594 g/mol. The van der Waals surface area contributed by atoms with Gasteiger partial charge in [0.1, 0.15) is 23.9 Å². The molecule has 9 nitrogen and oxygen atoms in total. The van der Waals surface area contributed by atoms with E-state index in [1.165, 1.54) is 17.8 Å². The molecule has 3 aromatic carbocycles. The van der Waals surface area contributed by atoms with Crippen molar-refractivity contribution in [2.45, 2.75) is 13.0 Å². The molecule has 0 radical (unpaired) electrons. The summed E-state index contributed by atoms with van der Waals surface area (Å²) in [6.07, 6.45) is 4.51. The number of fused-ring (bicyclic) bond motifs is 1. The number of aliphatic imine (C=N–C) groups is 1. The minimum atomic E-state index is -1.13. The summed E-state index contributed by atoms with van der Waals surface area (Å²) in [5.41, 5.74) is 3.76. The molecule has 5 aromatic rings. The fourth-order valence-electron chi connectivity index (χ4n) is 4.66. The third-order valence-corrected chi connectivity index (χ3v) is 7.90. The number of aromatic carboxylic acids is 1. The number of carbonyl (C=O) groups is 2. The maximum absolute atomic E-state index is 13.7. The smallest absolute Gasteiger partial charge is 0.371 e. The predicted octanol–water partition coefficient (Wildman–Crippen LogP) is 6.89.